The molecule has 1 saturated heterocycles. The Hall–Kier alpha value is -5.59. The third-order valence-electron chi connectivity index (χ3n) is 9.23. The van der Waals surface area contributed by atoms with E-state index in [1.807, 2.05) is 30.3 Å². The predicted octanol–water partition coefficient (Wildman–Crippen LogP) is 4.41. The summed E-state index contributed by atoms with van der Waals surface area (Å²) in [6.45, 7) is 3.12. The number of nitrogens with zero attached hydrogens (tertiary/aromatic N) is 2. The van der Waals surface area contributed by atoms with Crippen LogP contribution < -0.4 is 16.1 Å². The van der Waals surface area contributed by atoms with Crippen LogP contribution in [0.3, 0.4) is 0 Å². The number of imide groups is 2. The first-order valence-corrected chi connectivity index (χ1v) is 16.9. The molecule has 1 fully saturated rings. The number of para-hydroxylation sites is 1. The number of piperidine rings is 1. The van der Waals surface area contributed by atoms with Crippen LogP contribution in [0.2, 0.25) is 0 Å². The number of carbonyl (C=O) groups excluding carboxylic acids is 5. The van der Waals surface area contributed by atoms with Gasteiger partial charge in [0, 0.05) is 54.9 Å². The second-order valence-electron chi connectivity index (χ2n) is 12.6. The minimum absolute atomic E-state index is 0.0760. The molecule has 12 heteroatoms. The number of anilines is 1. The number of carbonyl (C=O) groups is 5. The van der Waals surface area contributed by atoms with E-state index in [1.165, 1.54) is 17.0 Å². The Balaban J connectivity index is 1.04. The largest absolute Gasteiger partial charge is 0.384 e. The van der Waals surface area contributed by atoms with Crippen molar-refractivity contribution in [2.75, 3.05) is 25.0 Å². The SMILES string of the molecule is O=C(/C=C/c1ccc(CN(CCCCCNc2cccc3c2C(=O)N(C2CCC(=O)NC2=O)C3=O)CCc2c[nH]c3ccccc23)cc1)NO. The zero-order valence-electron chi connectivity index (χ0n) is 27.6. The van der Waals surface area contributed by atoms with Crippen LogP contribution in [-0.2, 0) is 27.3 Å². The van der Waals surface area contributed by atoms with Crippen molar-refractivity contribution in [3.8, 4) is 0 Å². The fourth-order valence-corrected chi connectivity index (χ4v) is 6.61. The number of rotatable bonds is 15. The van der Waals surface area contributed by atoms with Crippen LogP contribution in [-0.4, -0.2) is 75.2 Å². The van der Waals surface area contributed by atoms with Gasteiger partial charge in [0.25, 0.3) is 17.7 Å². The van der Waals surface area contributed by atoms with Gasteiger partial charge in [-0.2, -0.15) is 0 Å². The quantitative estimate of drug-likeness (QED) is 0.0406. The first-order valence-electron chi connectivity index (χ1n) is 16.9. The maximum atomic E-state index is 13.4. The molecule has 258 valence electrons. The minimum atomic E-state index is -0.998. The van der Waals surface area contributed by atoms with E-state index in [1.54, 1.807) is 29.8 Å². The smallest absolute Gasteiger partial charge is 0.267 e. The number of nitrogens with one attached hydrogen (secondary N) is 4. The summed E-state index contributed by atoms with van der Waals surface area (Å²) in [5.74, 6) is -2.65. The van der Waals surface area contributed by atoms with Gasteiger partial charge in [0.2, 0.25) is 11.8 Å². The molecule has 0 aliphatic carbocycles. The van der Waals surface area contributed by atoms with Gasteiger partial charge in [-0.1, -0.05) is 55.0 Å². The van der Waals surface area contributed by atoms with Crippen LogP contribution >= 0.6 is 0 Å². The summed E-state index contributed by atoms with van der Waals surface area (Å²) in [6, 6.07) is 20.4. The number of hydrogen-bond donors (Lipinski definition) is 5. The molecule has 5 N–H and O–H groups in total. The number of benzene rings is 3. The Morgan fingerprint density at radius 3 is 2.56 bits per heavy atom. The van der Waals surface area contributed by atoms with Crippen LogP contribution in [0.1, 0.15) is 69.5 Å². The Morgan fingerprint density at radius 2 is 1.76 bits per heavy atom. The molecule has 1 unspecified atom stereocenters. The van der Waals surface area contributed by atoms with Crippen molar-refractivity contribution in [2.24, 2.45) is 0 Å². The van der Waals surface area contributed by atoms with Gasteiger partial charge < -0.3 is 10.3 Å². The molecule has 2 aliphatic rings. The van der Waals surface area contributed by atoms with Crippen LogP contribution in [0, 0.1) is 0 Å². The molecule has 0 radical (unpaired) electrons. The molecule has 2 aliphatic heterocycles. The Kier molecular flexibility index (Phi) is 10.8. The van der Waals surface area contributed by atoms with E-state index >= 15 is 0 Å². The first kappa shape index (κ1) is 34.3. The third kappa shape index (κ3) is 7.82. The lowest BCUT2D eigenvalue weighted by Gasteiger charge is -2.27. The van der Waals surface area contributed by atoms with Gasteiger partial charge in [-0.05, 0) is 73.2 Å². The van der Waals surface area contributed by atoms with E-state index in [0.717, 1.165) is 66.9 Å². The van der Waals surface area contributed by atoms with Crippen LogP contribution in [0.25, 0.3) is 17.0 Å². The molecule has 0 spiro atoms. The molecule has 1 atom stereocenters. The number of amides is 5. The molecule has 0 bridgehead atoms. The molecule has 3 aromatic carbocycles. The topological polar surface area (TPSA) is 164 Å². The summed E-state index contributed by atoms with van der Waals surface area (Å²) in [7, 11) is 0. The molecule has 50 heavy (non-hydrogen) atoms. The number of aromatic nitrogens is 1. The number of H-pyrrole nitrogens is 1. The van der Waals surface area contributed by atoms with Gasteiger partial charge in [0.1, 0.15) is 6.04 Å². The predicted molar refractivity (Wildman–Crippen MR) is 188 cm³/mol. The van der Waals surface area contributed by atoms with Crippen molar-refractivity contribution in [1.82, 2.24) is 25.6 Å². The Morgan fingerprint density at radius 1 is 0.940 bits per heavy atom. The van der Waals surface area contributed by atoms with E-state index in [2.05, 4.69) is 44.9 Å². The number of hydroxylamine groups is 1. The van der Waals surface area contributed by atoms with Gasteiger partial charge >= 0.3 is 0 Å². The zero-order valence-corrected chi connectivity index (χ0v) is 27.6. The number of aromatic amines is 1. The first-order chi connectivity index (χ1) is 24.3. The lowest BCUT2D eigenvalue weighted by Crippen LogP contribution is -2.54. The summed E-state index contributed by atoms with van der Waals surface area (Å²) in [5, 5.41) is 15.5. The fraction of sp³-hybridized carbons (Fsp3) is 0.289. The normalized spacial score (nSPS) is 16.0. The molecular weight excluding hydrogens is 636 g/mol. The molecule has 12 nitrogen and oxygen atoms in total. The third-order valence-corrected chi connectivity index (χ3v) is 9.23. The summed E-state index contributed by atoms with van der Waals surface area (Å²) in [6.07, 6.45) is 8.84. The number of fused-ring (bicyclic) bond motifs is 2. The maximum absolute atomic E-state index is 13.4. The lowest BCUT2D eigenvalue weighted by atomic mass is 10.0. The summed E-state index contributed by atoms with van der Waals surface area (Å²) in [4.78, 5) is 68.7. The number of hydrogen-bond acceptors (Lipinski definition) is 8. The summed E-state index contributed by atoms with van der Waals surface area (Å²) in [5.41, 5.74) is 7.09. The van der Waals surface area contributed by atoms with Crippen LogP contribution in [0.4, 0.5) is 5.69 Å². The van der Waals surface area contributed by atoms with Crippen LogP contribution in [0.15, 0.2) is 79.0 Å². The Labute approximate surface area is 289 Å². The number of unbranched alkanes of at least 4 members (excludes halogenated alkanes) is 2. The molecule has 6 rings (SSSR count). The highest BCUT2D eigenvalue weighted by atomic mass is 16.5. The minimum Gasteiger partial charge on any atom is -0.384 e. The highest BCUT2D eigenvalue weighted by Crippen LogP contribution is 2.32. The van der Waals surface area contributed by atoms with Crippen LogP contribution in [0.5, 0.6) is 0 Å². The Bertz CT molecular complexity index is 1930. The monoisotopic (exact) mass is 676 g/mol. The lowest BCUT2D eigenvalue weighted by molar-refractivity contribution is -0.136. The fourth-order valence-electron chi connectivity index (χ4n) is 6.61. The van der Waals surface area contributed by atoms with E-state index < -0.39 is 35.6 Å². The van der Waals surface area contributed by atoms with E-state index in [0.29, 0.717) is 12.2 Å². The van der Waals surface area contributed by atoms with E-state index in [9.17, 15) is 24.0 Å². The highest BCUT2D eigenvalue weighted by molar-refractivity contribution is 6.25. The maximum Gasteiger partial charge on any atom is 0.267 e. The van der Waals surface area contributed by atoms with Gasteiger partial charge in [0.05, 0.1) is 11.1 Å². The molecule has 4 aromatic rings. The van der Waals surface area contributed by atoms with Crippen molar-refractivity contribution in [1.29, 1.82) is 0 Å². The second-order valence-corrected chi connectivity index (χ2v) is 12.6. The summed E-state index contributed by atoms with van der Waals surface area (Å²) < 4.78 is 0. The van der Waals surface area contributed by atoms with Gasteiger partial charge in [-0.15, -0.1) is 0 Å². The van der Waals surface area contributed by atoms with E-state index in [-0.39, 0.29) is 24.0 Å². The molecule has 0 saturated carbocycles. The van der Waals surface area contributed by atoms with E-state index in [4.69, 9.17) is 5.21 Å². The average Bonchev–Trinajstić information content (AvgIpc) is 3.65. The van der Waals surface area contributed by atoms with Gasteiger partial charge in [-0.3, -0.25) is 44.3 Å². The molecule has 5 amide bonds. The van der Waals surface area contributed by atoms with Crippen molar-refractivity contribution in [2.45, 2.75) is 51.1 Å². The second kappa shape index (κ2) is 15.7. The summed E-state index contributed by atoms with van der Waals surface area (Å²) >= 11 is 0. The molecule has 3 heterocycles. The highest BCUT2D eigenvalue weighted by Gasteiger charge is 2.45. The van der Waals surface area contributed by atoms with Crippen molar-refractivity contribution < 1.29 is 29.2 Å². The van der Waals surface area contributed by atoms with Crippen molar-refractivity contribution in [3.05, 3.63) is 107 Å². The van der Waals surface area contributed by atoms with Gasteiger partial charge in [-0.25, -0.2) is 5.48 Å². The zero-order chi connectivity index (χ0) is 35.0. The van der Waals surface area contributed by atoms with Gasteiger partial charge in [0.15, 0.2) is 0 Å². The standard InChI is InChI=1S/C38H40N6O6/c45-33-18-16-32(36(47)41-33)44-37(48)29-8-6-10-31(35(29)38(44)49)39-20-4-1-5-21-43(22-19-27-23-40-30-9-3-2-7-28(27)30)24-26-13-11-25(12-14-26)15-17-34(46)42-50/h2-3,6-15,17,23,32,39-40,50H,1,4-5,16,18-22,24H2,(H,42,46)(H,41,45,47)/b17-15+. The van der Waals surface area contributed by atoms with Crippen molar-refractivity contribution in [3.63, 3.8) is 0 Å². The molecule has 1 aromatic heterocycles. The average molecular weight is 677 g/mol. The van der Waals surface area contributed by atoms with Crippen molar-refractivity contribution >= 4 is 52.2 Å². The molecular formula is C38H40N6O6.